The van der Waals surface area contributed by atoms with Crippen LogP contribution in [0.1, 0.15) is 283 Å². The number of nitrogens with one attached hydrogen (secondary N) is 8. The number of fused-ring (bicyclic) bond motifs is 11. The van der Waals surface area contributed by atoms with E-state index < -0.39 is 0 Å². The average molecular weight is 1320 g/mol. The molecule has 24 atom stereocenters. The van der Waals surface area contributed by atoms with Crippen molar-refractivity contribution >= 4 is 0 Å². The Labute approximate surface area is 587 Å². The van der Waals surface area contributed by atoms with Crippen molar-refractivity contribution in [2.75, 3.05) is 52.4 Å². The molecule has 0 aromatic carbocycles. The van der Waals surface area contributed by atoms with E-state index in [0.29, 0.717) is 0 Å². The lowest BCUT2D eigenvalue weighted by atomic mass is 9.60. The quantitative estimate of drug-likeness (QED) is 0.108. The highest BCUT2D eigenvalue weighted by molar-refractivity contribution is 5.18. The predicted octanol–water partition coefficient (Wildman–Crippen LogP) is 14.2. The van der Waals surface area contributed by atoms with Crippen LogP contribution in [0.4, 0.5) is 0 Å². The Kier molecular flexibility index (Phi) is 20.4. The molecular formula is C86H146N10. The van der Waals surface area contributed by atoms with Crippen LogP contribution in [0, 0.1) is 118 Å². The summed E-state index contributed by atoms with van der Waals surface area (Å²) in [7, 11) is 0. The van der Waals surface area contributed by atoms with Gasteiger partial charge in [0.25, 0.3) is 0 Å². The summed E-state index contributed by atoms with van der Waals surface area (Å²) >= 11 is 0. The van der Waals surface area contributed by atoms with Gasteiger partial charge < -0.3 is 42.5 Å². The Morgan fingerprint density at radius 3 is 0.885 bits per heavy atom. The molecule has 19 aliphatic rings. The minimum atomic E-state index is 0.739. The third kappa shape index (κ3) is 12.8. The largest absolute Gasteiger partial charge is 0.312 e. The molecule has 9 aliphatic carbocycles. The van der Waals surface area contributed by atoms with E-state index in [1.807, 2.05) is 0 Å². The van der Waals surface area contributed by atoms with Crippen molar-refractivity contribution < 1.29 is 0 Å². The zero-order valence-corrected chi connectivity index (χ0v) is 61.3. The minimum Gasteiger partial charge on any atom is -0.312 e. The van der Waals surface area contributed by atoms with Crippen LogP contribution in [-0.2, 0) is 0 Å². The van der Waals surface area contributed by atoms with Gasteiger partial charge in [0.15, 0.2) is 0 Å². The number of likely N-dealkylation sites (tertiary alicyclic amines) is 2. The van der Waals surface area contributed by atoms with Crippen LogP contribution in [0.15, 0.2) is 0 Å². The van der Waals surface area contributed by atoms with E-state index in [1.54, 1.807) is 180 Å². The van der Waals surface area contributed by atoms with Gasteiger partial charge in [-0.05, 0) is 428 Å². The molecule has 0 aromatic heterocycles. The molecule has 10 nitrogen and oxygen atoms in total. The lowest BCUT2D eigenvalue weighted by Gasteiger charge is -2.53. The first-order valence-electron chi connectivity index (χ1n) is 45.0. The van der Waals surface area contributed by atoms with Gasteiger partial charge in [-0.25, -0.2) is 0 Å². The van der Waals surface area contributed by atoms with Crippen LogP contribution in [-0.4, -0.2) is 147 Å². The summed E-state index contributed by atoms with van der Waals surface area (Å²) < 4.78 is 0. The van der Waals surface area contributed by atoms with Crippen molar-refractivity contribution in [2.24, 2.45) is 118 Å². The fourth-order valence-electron chi connectivity index (χ4n) is 32.4. The van der Waals surface area contributed by atoms with E-state index in [0.717, 1.165) is 203 Å². The van der Waals surface area contributed by atoms with Crippen molar-refractivity contribution in [3.8, 4) is 0 Å². The van der Waals surface area contributed by atoms with Gasteiger partial charge in [-0.2, -0.15) is 0 Å². The van der Waals surface area contributed by atoms with Crippen LogP contribution in [0.25, 0.3) is 0 Å². The topological polar surface area (TPSA) is 103 Å². The molecule has 0 aromatic rings. The third-order valence-corrected chi connectivity index (χ3v) is 36.3. The van der Waals surface area contributed by atoms with Gasteiger partial charge in [-0.15, -0.1) is 0 Å². The molecule has 8 N–H and O–H groups in total. The second-order valence-corrected chi connectivity index (χ2v) is 39.8. The molecule has 10 saturated heterocycles. The minimum absolute atomic E-state index is 0.739. The number of hydrogen-bond acceptors (Lipinski definition) is 10. The van der Waals surface area contributed by atoms with Crippen molar-refractivity contribution in [2.45, 2.75) is 367 Å². The maximum atomic E-state index is 4.14. The average Bonchev–Trinajstić information content (AvgIpc) is 1.54. The van der Waals surface area contributed by atoms with Gasteiger partial charge in [0, 0.05) is 84.6 Å². The van der Waals surface area contributed by atoms with Crippen LogP contribution in [0.2, 0.25) is 0 Å². The van der Waals surface area contributed by atoms with Gasteiger partial charge in [0.05, 0.1) is 0 Å². The van der Waals surface area contributed by atoms with Crippen molar-refractivity contribution in [3.05, 3.63) is 0 Å². The highest BCUT2D eigenvalue weighted by atomic mass is 15.3. The predicted molar refractivity (Wildman–Crippen MR) is 394 cm³/mol. The molecule has 9 saturated carbocycles. The Balaban J connectivity index is 0.602. The number of piperidine rings is 8. The molecule has 10 heteroatoms. The summed E-state index contributed by atoms with van der Waals surface area (Å²) in [5.41, 5.74) is 0. The lowest BCUT2D eigenvalue weighted by molar-refractivity contribution is -0.0378. The van der Waals surface area contributed by atoms with Crippen LogP contribution in [0.5, 0.6) is 0 Å². The van der Waals surface area contributed by atoms with E-state index in [9.17, 15) is 0 Å². The summed E-state index contributed by atoms with van der Waals surface area (Å²) in [6.45, 7) is 10.1. The molecule has 0 spiro atoms. The van der Waals surface area contributed by atoms with Gasteiger partial charge >= 0.3 is 0 Å². The van der Waals surface area contributed by atoms with Crippen molar-refractivity contribution in [1.82, 2.24) is 52.3 Å². The Bertz CT molecular complexity index is 2370. The second kappa shape index (κ2) is 29.5. The summed E-state index contributed by atoms with van der Waals surface area (Å²) in [5.74, 6) is 19.3. The summed E-state index contributed by atoms with van der Waals surface area (Å²) in [6, 6.07) is 11.2. The Morgan fingerprint density at radius 2 is 0.510 bits per heavy atom. The smallest absolute Gasteiger partial charge is 0.0252 e. The second-order valence-electron chi connectivity index (χ2n) is 39.8. The van der Waals surface area contributed by atoms with E-state index >= 15 is 0 Å². The first kappa shape index (κ1) is 66.3. The number of hydrogen-bond donors (Lipinski definition) is 8. The molecule has 24 unspecified atom stereocenters. The van der Waals surface area contributed by atoms with E-state index in [4.69, 9.17) is 0 Å². The first-order chi connectivity index (χ1) is 47.6. The lowest BCUT2D eigenvalue weighted by Crippen LogP contribution is -2.61. The summed E-state index contributed by atoms with van der Waals surface area (Å²) in [6.07, 6.45) is 66.8. The van der Waals surface area contributed by atoms with E-state index in [1.165, 1.54) is 155 Å². The Hall–Kier alpha value is -0.400. The molecule has 540 valence electrons. The van der Waals surface area contributed by atoms with Crippen LogP contribution in [0.3, 0.4) is 0 Å². The molecule has 96 heavy (non-hydrogen) atoms. The van der Waals surface area contributed by atoms with Crippen LogP contribution < -0.4 is 42.5 Å². The van der Waals surface area contributed by atoms with Crippen molar-refractivity contribution in [3.63, 3.8) is 0 Å². The fourth-order valence-corrected chi connectivity index (χ4v) is 32.4. The fraction of sp³-hybridized carbons (Fsp3) is 1.00. The highest BCUT2D eigenvalue weighted by Crippen LogP contribution is 2.63. The standard InChI is InChI=1S/C86H146N10/c1-3-15-78-71(9-1)72-33-34-80-81(86(72)96(78)66-51-63(55-21-29-59(30-22-55)69-37-45-89-76-13-7-41-93-84(69)76)48-64(52-66)56-23-31-60(32-24-56)70-38-46-90-77-14-8-42-94-85(70)77)73-10-2-4-16-79(73)95(80)65-49-61(53-17-25-57(26-18-53)67-35-43-87-74-11-5-39-91-82(67)74)47-62(50-65)54-19-27-58(28-20-54)68-36-44-88-75-12-6-40-92-83(68)75/h53-94H,1-52H2. The third-order valence-electron chi connectivity index (χ3n) is 36.3. The molecule has 19 rings (SSSR count). The number of rotatable bonds is 10. The molecule has 19 fully saturated rings. The zero-order valence-electron chi connectivity index (χ0n) is 61.3. The summed E-state index contributed by atoms with van der Waals surface area (Å²) in [4.78, 5) is 7.31. The molecular weight excluding hydrogens is 1170 g/mol. The zero-order chi connectivity index (χ0) is 63.2. The Morgan fingerprint density at radius 1 is 0.188 bits per heavy atom. The van der Waals surface area contributed by atoms with E-state index in [2.05, 4.69) is 52.3 Å². The monoisotopic (exact) mass is 1320 g/mol. The van der Waals surface area contributed by atoms with Gasteiger partial charge in [-0.3, -0.25) is 9.80 Å². The van der Waals surface area contributed by atoms with Gasteiger partial charge in [0.1, 0.15) is 0 Å². The number of nitrogens with zero attached hydrogens (tertiary/aromatic N) is 2. The normalized spacial score (nSPS) is 54.4. The molecule has 0 bridgehead atoms. The van der Waals surface area contributed by atoms with Crippen LogP contribution >= 0.6 is 0 Å². The van der Waals surface area contributed by atoms with Gasteiger partial charge in [0.2, 0.25) is 0 Å². The maximum Gasteiger partial charge on any atom is 0.0252 e. The van der Waals surface area contributed by atoms with Gasteiger partial charge in [-0.1, -0.05) is 25.7 Å². The molecule has 10 aliphatic heterocycles. The summed E-state index contributed by atoms with van der Waals surface area (Å²) in [5, 5.41) is 32.6. The highest BCUT2D eigenvalue weighted by Gasteiger charge is 2.65. The van der Waals surface area contributed by atoms with E-state index in [-0.39, 0.29) is 0 Å². The van der Waals surface area contributed by atoms with Crippen molar-refractivity contribution in [1.29, 1.82) is 0 Å². The molecule has 10 heterocycles. The first-order valence-corrected chi connectivity index (χ1v) is 45.0. The molecule has 0 amide bonds. The molecule has 0 radical (unpaired) electrons. The maximum absolute atomic E-state index is 4.14. The SMILES string of the molecule is C1CNC2C(C1)NCCC2C1CCC(C2CC(C3CCC(C4CCNC5CCCNC54)CC3)CC(N3C4CCCCC4C4C3CCC3C5CCCCC5N(C5CC(C6CCC(C7CCNC8CCCNC87)CC6)CC(C6CCC(C7CCNC8CCCNC87)CC6)C5)C34)C2)CC1.